The molecule has 766 valence electrons. The SMILES string of the molecule is Cc1c[c-]c(-c2ccccn2)cc1.[Ir].[Ir].[Ir].[Ir].[Ir].[Ir].[Ir].[Ir].[Ir].[Ir].[c-]1c(-c2ccccn2)sc2ccccc12.[c-]1ccc2ccccc2c1-c1nc2ccccc2s1.[c-]1cccc2ccc3cccnc3c12.[c-]1ccccc1-c1ccccn1.[c-]1ccccc1-c1nc2ccccc2[nH]1.[c-]1ccccc1-c1nc2ccccc2o1.[c-]1ccccc1-c1nc2ccccc2s1.[c-]1ccccc1C1=NCCO1.[c-]1ccsc1-c1ccccn1. The fourth-order valence-corrected chi connectivity index (χ4v) is 18.0. The fraction of sp³-hybridized carbons (Fsp3) is 0.0244. The molecule has 0 saturated heterocycles. The van der Waals surface area contributed by atoms with Crippen molar-refractivity contribution in [1.82, 2.24) is 49.8 Å². The van der Waals surface area contributed by atoms with E-state index < -0.39 is 0 Å². The van der Waals surface area contributed by atoms with Gasteiger partial charge in [0.15, 0.2) is 0 Å². The molecule has 150 heavy (non-hydrogen) atoms. The van der Waals surface area contributed by atoms with Crippen LogP contribution in [0.5, 0.6) is 0 Å². The summed E-state index contributed by atoms with van der Waals surface area (Å²) in [6.07, 6.45) is 9.01. The van der Waals surface area contributed by atoms with Crippen molar-refractivity contribution in [2.45, 2.75) is 6.92 Å². The van der Waals surface area contributed by atoms with Crippen molar-refractivity contribution < 1.29 is 210 Å². The zero-order valence-corrected chi connectivity index (χ0v) is 106. The van der Waals surface area contributed by atoms with E-state index in [9.17, 15) is 0 Å². The number of aromatic amines is 1. The summed E-state index contributed by atoms with van der Waals surface area (Å²) in [5, 5.41) is 11.2. The largest absolute Gasteiger partial charge is 0.518 e. The van der Waals surface area contributed by atoms with Gasteiger partial charge < -0.3 is 39.1 Å². The summed E-state index contributed by atoms with van der Waals surface area (Å²) in [5.41, 5.74) is 19.1. The van der Waals surface area contributed by atoms with Gasteiger partial charge in [-0.3, -0.25) is 24.9 Å². The maximum atomic E-state index is 5.61. The van der Waals surface area contributed by atoms with Gasteiger partial charge in [-0.15, -0.1) is 297 Å². The minimum atomic E-state index is 0. The Hall–Kier alpha value is -10.8. The Balaban J connectivity index is 0.000000202. The molecule has 1 aliphatic rings. The quantitative estimate of drug-likeness (QED) is 0.108. The van der Waals surface area contributed by atoms with Gasteiger partial charge in [0.1, 0.15) is 17.4 Å². The zero-order valence-electron chi connectivity index (χ0n) is 79.0. The standard InChI is InChI=1S/C17H10NS.C13H9N2.C13H8NO.2C13H8NS.C13H8N.C12H10N.C11H8N.C9H8NO.C9H6NS.10Ir/c1-2-8-13-12(6-1)7-5-9-14(13)17-18-15-10-3-4-11-16(15)19-17;2*1-2-6-10(7-3-1)13-14-11-8-4-5-9-12(11)15-13;1-2-7-12-10(5-1)9-13(15-12)11-6-3-4-8-14-11;1-2-6-10(7-3-1)13-14-11-8-4-5-9-12(11)15-13;1-2-6-12-10(4-1)7-8-11-5-3-9-14-13(11)12;1-10-5-7-11(8-6-10)12-4-2-3-9-13-12;1-2-6-10(7-3-1)11-8-4-5-9-12-11;1-2-4-8(5-3-1)9-10-6-7-11-9;1-2-6-10-8(4-1)9-5-3-7-11-9;;;;;;;;;;/h1-8,10-11H;1-6,8-9H,(H,14,15);1-6,8-9H;1-8H;1-6,8-9H;1-5,7-9H;2-7,9H,1H3;1-6,8-9H;1-4H,6-7H2;1-4,6-7H;;;;;;;;;;/q10*-1;;;;;;;;;;. The number of aliphatic imine (C=N–C) groups is 1. The molecule has 0 fully saturated rings. The van der Waals surface area contributed by atoms with Crippen molar-refractivity contribution in [3.05, 3.63) is 527 Å². The van der Waals surface area contributed by atoms with E-state index in [1.807, 2.05) is 333 Å². The fourth-order valence-electron chi connectivity index (χ4n) is 14.4. The van der Waals surface area contributed by atoms with Crippen LogP contribution in [-0.2, 0) is 206 Å². The van der Waals surface area contributed by atoms with Gasteiger partial charge in [-0.25, -0.2) is 22.7 Å². The predicted molar refractivity (Wildman–Crippen MR) is 577 cm³/mol. The third-order valence-corrected chi connectivity index (χ3v) is 25.2. The van der Waals surface area contributed by atoms with Crippen molar-refractivity contribution in [2.75, 3.05) is 13.2 Å². The number of nitrogens with one attached hydrogen (secondary N) is 1. The average molecular weight is 3800 g/mol. The van der Waals surface area contributed by atoms with E-state index in [2.05, 4.69) is 221 Å². The molecule has 0 aliphatic carbocycles. The van der Waals surface area contributed by atoms with Crippen LogP contribution in [0, 0.1) is 67.6 Å². The number of hydrogen-bond donors (Lipinski definition) is 1. The first-order valence-corrected chi connectivity index (χ1v) is 48.3. The van der Waals surface area contributed by atoms with Crippen molar-refractivity contribution in [3.8, 4) is 87.6 Å². The number of thiazole rings is 2. The van der Waals surface area contributed by atoms with E-state index in [4.69, 9.17) is 14.1 Å². The minimum Gasteiger partial charge on any atom is -0.518 e. The first kappa shape index (κ1) is 124. The van der Waals surface area contributed by atoms with E-state index >= 15 is 0 Å². The van der Waals surface area contributed by atoms with Crippen LogP contribution in [0.2, 0.25) is 0 Å². The Morgan fingerprint density at radius 2 is 0.807 bits per heavy atom. The normalized spacial score (nSPS) is 10.2. The number of thiophene rings is 2. The van der Waals surface area contributed by atoms with Crippen LogP contribution in [-0.4, -0.2) is 68.9 Å². The van der Waals surface area contributed by atoms with Crippen LogP contribution in [0.4, 0.5) is 0 Å². The van der Waals surface area contributed by atoms with E-state index in [-0.39, 0.29) is 201 Å². The molecule has 0 bridgehead atoms. The molecule has 0 atom stereocenters. The van der Waals surface area contributed by atoms with Gasteiger partial charge >= 0.3 is 0 Å². The summed E-state index contributed by atoms with van der Waals surface area (Å²) in [5.74, 6) is 2.22. The summed E-state index contributed by atoms with van der Waals surface area (Å²) >= 11 is 6.82. The number of benzene rings is 15. The Kier molecular flexibility index (Phi) is 54.9. The van der Waals surface area contributed by atoms with Gasteiger partial charge in [0.25, 0.3) is 0 Å². The average Bonchev–Trinajstić information content (AvgIpc) is 1.74. The number of hydrogen-bond acceptors (Lipinski definition) is 16. The van der Waals surface area contributed by atoms with E-state index in [0.717, 1.165) is 144 Å². The molecule has 15 aromatic carbocycles. The van der Waals surface area contributed by atoms with E-state index in [1.165, 1.54) is 46.6 Å². The molecule has 12 heterocycles. The first-order chi connectivity index (χ1) is 69.4. The molecular formula is C123H83Ir10N11O2S4-10. The molecule has 0 unspecified atom stereocenters. The van der Waals surface area contributed by atoms with Gasteiger partial charge in [0, 0.05) is 257 Å². The van der Waals surface area contributed by atoms with Gasteiger partial charge in [-0.05, 0) is 116 Å². The Bertz CT molecular complexity index is 7680. The van der Waals surface area contributed by atoms with E-state index in [0.29, 0.717) is 12.5 Å². The molecule has 1 aliphatic heterocycles. The van der Waals surface area contributed by atoms with Gasteiger partial charge in [0.05, 0.1) is 46.6 Å². The monoisotopic (exact) mass is 3800 g/mol. The summed E-state index contributed by atoms with van der Waals surface area (Å²) in [6.45, 7) is 3.54. The molecule has 0 spiro atoms. The Morgan fingerprint density at radius 3 is 1.37 bits per heavy atom. The second-order valence-electron chi connectivity index (χ2n) is 30.8. The number of oxazole rings is 1. The van der Waals surface area contributed by atoms with Crippen LogP contribution in [0.3, 0.4) is 0 Å². The predicted octanol–water partition coefficient (Wildman–Crippen LogP) is 31.2. The number of H-pyrrole nitrogens is 1. The second kappa shape index (κ2) is 66.2. The van der Waals surface area contributed by atoms with Crippen LogP contribution in [0.25, 0.3) is 173 Å². The molecule has 0 amide bonds. The molecule has 27 heteroatoms. The number of para-hydroxylation sites is 6. The number of pyridine rings is 5. The van der Waals surface area contributed by atoms with Crippen LogP contribution in [0.1, 0.15) is 11.1 Å². The number of nitrogens with zero attached hydrogens (tertiary/aromatic N) is 10. The second-order valence-corrected chi connectivity index (χ2v) is 34.8. The number of ether oxygens (including phenoxy) is 1. The third kappa shape index (κ3) is 35.4. The molecule has 0 saturated carbocycles. The minimum absolute atomic E-state index is 0. The molecule has 27 rings (SSSR count). The first-order valence-electron chi connectivity index (χ1n) is 44.9. The zero-order chi connectivity index (χ0) is 94.7. The molecule has 10 radical (unpaired) electrons. The summed E-state index contributed by atoms with van der Waals surface area (Å²) in [7, 11) is 0. The number of aromatic nitrogens is 10. The maximum absolute atomic E-state index is 5.61. The number of aryl methyl sites for hydroxylation is 1. The summed E-state index contributed by atoms with van der Waals surface area (Å²) in [4.78, 5) is 49.2. The van der Waals surface area contributed by atoms with Crippen LogP contribution >= 0.6 is 45.3 Å². The molecule has 11 aromatic heterocycles. The molecule has 1 N–H and O–H groups in total. The Labute approximate surface area is 1020 Å². The molecular weight excluding hydrogens is 3710 g/mol. The third-order valence-electron chi connectivity index (χ3n) is 21.1. The topological polar surface area (TPSA) is 167 Å². The summed E-state index contributed by atoms with van der Waals surface area (Å²) in [6, 6.07) is 170. The smallest absolute Gasteiger partial charge is 0.141 e. The number of fused-ring (bicyclic) bond motifs is 9. The van der Waals surface area contributed by atoms with Crippen LogP contribution in [0.15, 0.2) is 464 Å². The molecule has 26 aromatic rings. The van der Waals surface area contributed by atoms with Crippen molar-refractivity contribution in [2.24, 2.45) is 4.99 Å². The molecule has 13 nitrogen and oxygen atoms in total. The number of imidazole rings is 1. The van der Waals surface area contributed by atoms with Gasteiger partial charge in [-0.2, -0.15) is 34.8 Å². The Morgan fingerprint density at radius 1 is 0.313 bits per heavy atom. The van der Waals surface area contributed by atoms with Crippen molar-refractivity contribution >= 4 is 136 Å². The maximum Gasteiger partial charge on any atom is 0.141 e. The van der Waals surface area contributed by atoms with Gasteiger partial charge in [-0.1, -0.05) is 180 Å². The number of rotatable bonds is 9. The van der Waals surface area contributed by atoms with E-state index in [1.54, 1.807) is 63.9 Å². The summed E-state index contributed by atoms with van der Waals surface area (Å²) < 4.78 is 14.6. The van der Waals surface area contributed by atoms with Crippen LogP contribution < -0.4 is 0 Å². The van der Waals surface area contributed by atoms with Crippen molar-refractivity contribution in [3.63, 3.8) is 0 Å². The van der Waals surface area contributed by atoms with Crippen molar-refractivity contribution in [1.29, 1.82) is 0 Å². The van der Waals surface area contributed by atoms with Gasteiger partial charge in [0.2, 0.25) is 0 Å².